The molecule has 128 valence electrons. The summed E-state index contributed by atoms with van der Waals surface area (Å²) in [5.74, 6) is -2.17. The van der Waals surface area contributed by atoms with Gasteiger partial charge in [0.15, 0.2) is 11.5 Å². The van der Waals surface area contributed by atoms with Crippen LogP contribution in [-0.4, -0.2) is 27.9 Å². The van der Waals surface area contributed by atoms with E-state index in [0.717, 1.165) is 6.07 Å². The van der Waals surface area contributed by atoms with Crippen LogP contribution in [-0.2, 0) is 4.74 Å². The number of aromatic nitrogens is 2. The fourth-order valence-electron chi connectivity index (χ4n) is 2.34. The highest BCUT2D eigenvalue weighted by Crippen LogP contribution is 2.23. The summed E-state index contributed by atoms with van der Waals surface area (Å²) in [6.07, 6.45) is 1.61. The van der Waals surface area contributed by atoms with Gasteiger partial charge in [0.25, 0.3) is 5.91 Å². The van der Waals surface area contributed by atoms with E-state index in [1.807, 2.05) is 0 Å². The number of hydrogen-bond donors (Lipinski definition) is 1. The lowest BCUT2D eigenvalue weighted by atomic mass is 10.2. The molecule has 0 unspecified atom stereocenters. The Bertz CT molecular complexity index is 951. The number of anilines is 1. The van der Waals surface area contributed by atoms with E-state index in [4.69, 9.17) is 16.3 Å². The molecule has 0 spiro atoms. The molecule has 0 radical (unpaired) electrons. The normalized spacial score (nSPS) is 10.7. The Hall–Kier alpha value is -2.93. The Morgan fingerprint density at radius 1 is 1.28 bits per heavy atom. The van der Waals surface area contributed by atoms with Crippen molar-refractivity contribution >= 4 is 34.9 Å². The average Bonchev–Trinajstić information content (AvgIpc) is 2.94. The van der Waals surface area contributed by atoms with Gasteiger partial charge in [0.05, 0.1) is 17.2 Å². The van der Waals surface area contributed by atoms with E-state index in [1.165, 1.54) is 16.5 Å². The number of imidazole rings is 1. The second-order valence-electron chi connectivity index (χ2n) is 5.01. The summed E-state index contributed by atoms with van der Waals surface area (Å²) in [4.78, 5) is 28.8. The van der Waals surface area contributed by atoms with Gasteiger partial charge in [0.1, 0.15) is 11.5 Å². The highest BCUT2D eigenvalue weighted by molar-refractivity contribution is 6.34. The van der Waals surface area contributed by atoms with Crippen LogP contribution in [0.3, 0.4) is 0 Å². The Labute approximate surface area is 147 Å². The highest BCUT2D eigenvalue weighted by atomic mass is 35.5. The number of carbonyl (C=O) groups excluding carboxylic acids is 2. The van der Waals surface area contributed by atoms with Crippen molar-refractivity contribution in [3.05, 3.63) is 64.7 Å². The first-order chi connectivity index (χ1) is 12.0. The molecular formula is C17H13ClFN3O3. The zero-order valence-electron chi connectivity index (χ0n) is 13.1. The molecule has 0 bridgehead atoms. The molecule has 3 aromatic rings. The third-order valence-corrected chi connectivity index (χ3v) is 3.74. The van der Waals surface area contributed by atoms with Crippen LogP contribution in [0.25, 0.3) is 5.65 Å². The molecule has 3 rings (SSSR count). The molecule has 6 nitrogen and oxygen atoms in total. The van der Waals surface area contributed by atoms with E-state index >= 15 is 0 Å². The van der Waals surface area contributed by atoms with Crippen LogP contribution in [0.4, 0.5) is 10.2 Å². The molecule has 0 aliphatic heterocycles. The van der Waals surface area contributed by atoms with Gasteiger partial charge in [-0.25, -0.2) is 14.2 Å². The van der Waals surface area contributed by atoms with Crippen LogP contribution < -0.4 is 5.32 Å². The maximum absolute atomic E-state index is 14.0. The third-order valence-electron chi connectivity index (χ3n) is 3.42. The molecule has 1 N–H and O–H groups in total. The molecule has 0 atom stereocenters. The predicted octanol–water partition coefficient (Wildman–Crippen LogP) is 3.56. The number of pyridine rings is 1. The molecule has 2 heterocycles. The fraction of sp³-hybridized carbons (Fsp3) is 0.118. The van der Waals surface area contributed by atoms with Gasteiger partial charge in [0, 0.05) is 6.20 Å². The maximum Gasteiger partial charge on any atom is 0.360 e. The molecule has 1 aromatic carbocycles. The monoisotopic (exact) mass is 361 g/mol. The van der Waals surface area contributed by atoms with E-state index in [-0.39, 0.29) is 28.7 Å². The van der Waals surface area contributed by atoms with Crippen LogP contribution in [0.2, 0.25) is 5.02 Å². The molecule has 0 saturated heterocycles. The van der Waals surface area contributed by atoms with E-state index in [1.54, 1.807) is 31.3 Å². The number of rotatable bonds is 4. The number of nitrogens with zero attached hydrogens (tertiary/aromatic N) is 2. The molecule has 0 aliphatic rings. The molecule has 0 aliphatic carbocycles. The number of benzene rings is 1. The van der Waals surface area contributed by atoms with E-state index in [2.05, 4.69) is 10.3 Å². The standard InChI is InChI=1S/C17H13ClFN3O3/c1-2-25-17(24)14-15(22-9-4-3-8-12(22)20-14)21-16(23)13-10(18)6-5-7-11(13)19/h3-9H,2H2,1H3,(H,21,23). The number of nitrogens with one attached hydrogen (secondary N) is 1. The smallest absolute Gasteiger partial charge is 0.360 e. The Morgan fingerprint density at radius 2 is 2.08 bits per heavy atom. The van der Waals surface area contributed by atoms with Crippen molar-refractivity contribution in [2.45, 2.75) is 6.92 Å². The number of ether oxygens (including phenoxy) is 1. The fourth-order valence-corrected chi connectivity index (χ4v) is 2.59. The SMILES string of the molecule is CCOC(=O)c1nc2ccccn2c1NC(=O)c1c(F)cccc1Cl. The number of amides is 1. The molecular weight excluding hydrogens is 349 g/mol. The largest absolute Gasteiger partial charge is 0.461 e. The van der Waals surface area contributed by atoms with Gasteiger partial charge < -0.3 is 10.1 Å². The Morgan fingerprint density at radius 3 is 2.80 bits per heavy atom. The zero-order valence-corrected chi connectivity index (χ0v) is 13.9. The van der Waals surface area contributed by atoms with Gasteiger partial charge in [-0.2, -0.15) is 0 Å². The summed E-state index contributed by atoms with van der Waals surface area (Å²) in [6, 6.07) is 9.02. The lowest BCUT2D eigenvalue weighted by Gasteiger charge is -2.09. The molecule has 8 heteroatoms. The van der Waals surface area contributed by atoms with Gasteiger partial charge in [-0.15, -0.1) is 0 Å². The number of fused-ring (bicyclic) bond motifs is 1. The molecule has 2 aromatic heterocycles. The van der Waals surface area contributed by atoms with Gasteiger partial charge in [-0.05, 0) is 31.2 Å². The van der Waals surface area contributed by atoms with E-state index in [0.29, 0.717) is 5.65 Å². The van der Waals surface area contributed by atoms with Gasteiger partial charge in [0.2, 0.25) is 0 Å². The topological polar surface area (TPSA) is 72.7 Å². The summed E-state index contributed by atoms with van der Waals surface area (Å²) in [5, 5.41) is 2.47. The minimum Gasteiger partial charge on any atom is -0.461 e. The summed E-state index contributed by atoms with van der Waals surface area (Å²) in [5.41, 5.74) is 0.0409. The van der Waals surface area contributed by atoms with Crippen molar-refractivity contribution in [3.8, 4) is 0 Å². The molecule has 25 heavy (non-hydrogen) atoms. The van der Waals surface area contributed by atoms with Crippen LogP contribution in [0, 0.1) is 5.82 Å². The van der Waals surface area contributed by atoms with Crippen LogP contribution in [0.15, 0.2) is 42.6 Å². The molecule has 1 amide bonds. The minimum atomic E-state index is -0.792. The zero-order chi connectivity index (χ0) is 18.0. The first-order valence-corrected chi connectivity index (χ1v) is 7.80. The summed E-state index contributed by atoms with van der Waals surface area (Å²) in [6.45, 7) is 1.81. The maximum atomic E-state index is 14.0. The number of carbonyl (C=O) groups is 2. The lowest BCUT2D eigenvalue weighted by Crippen LogP contribution is -2.18. The number of hydrogen-bond acceptors (Lipinski definition) is 4. The first-order valence-electron chi connectivity index (χ1n) is 7.42. The predicted molar refractivity (Wildman–Crippen MR) is 90.5 cm³/mol. The number of halogens is 2. The van der Waals surface area contributed by atoms with Gasteiger partial charge in [-0.3, -0.25) is 9.20 Å². The van der Waals surface area contributed by atoms with E-state index in [9.17, 15) is 14.0 Å². The highest BCUT2D eigenvalue weighted by Gasteiger charge is 2.24. The van der Waals surface area contributed by atoms with Gasteiger partial charge >= 0.3 is 5.97 Å². The van der Waals surface area contributed by atoms with Crippen LogP contribution >= 0.6 is 11.6 Å². The average molecular weight is 362 g/mol. The summed E-state index contributed by atoms with van der Waals surface area (Å²) >= 11 is 5.92. The third kappa shape index (κ3) is 3.18. The first kappa shape index (κ1) is 16.9. The minimum absolute atomic E-state index is 0.0380. The van der Waals surface area contributed by atoms with Crippen molar-refractivity contribution in [2.75, 3.05) is 11.9 Å². The van der Waals surface area contributed by atoms with Crippen molar-refractivity contribution < 1.29 is 18.7 Å². The van der Waals surface area contributed by atoms with Crippen molar-refractivity contribution in [1.82, 2.24) is 9.38 Å². The van der Waals surface area contributed by atoms with E-state index < -0.39 is 17.7 Å². The van der Waals surface area contributed by atoms with Crippen LogP contribution in [0.5, 0.6) is 0 Å². The Kier molecular flexibility index (Phi) is 4.67. The quantitative estimate of drug-likeness (QED) is 0.721. The molecule has 0 saturated carbocycles. The second kappa shape index (κ2) is 6.90. The number of esters is 1. The van der Waals surface area contributed by atoms with Crippen molar-refractivity contribution in [3.63, 3.8) is 0 Å². The van der Waals surface area contributed by atoms with Crippen molar-refractivity contribution in [2.24, 2.45) is 0 Å². The molecule has 0 fully saturated rings. The van der Waals surface area contributed by atoms with Crippen molar-refractivity contribution in [1.29, 1.82) is 0 Å². The second-order valence-corrected chi connectivity index (χ2v) is 5.42. The Balaban J connectivity index is 2.07. The van der Waals surface area contributed by atoms with Gasteiger partial charge in [-0.1, -0.05) is 23.7 Å². The summed E-state index contributed by atoms with van der Waals surface area (Å²) in [7, 11) is 0. The lowest BCUT2D eigenvalue weighted by molar-refractivity contribution is 0.0521. The summed E-state index contributed by atoms with van der Waals surface area (Å²) < 4.78 is 20.4. The van der Waals surface area contributed by atoms with Crippen LogP contribution in [0.1, 0.15) is 27.8 Å².